The van der Waals surface area contributed by atoms with Crippen molar-refractivity contribution >= 4 is 29.1 Å². The standard InChI is InChI=1S/C22H31ClN2O2/c1-2-3-4-5-6-7-8-9-10-11-13-18-19(23)14-12-15-20(18)24-25-21(26)16-17-22(25)27/h7-8,12,14-15,24H,2-6,9-11,13,16-17H2,1H3. The number of hydrogen-bond donors (Lipinski definition) is 1. The molecule has 5 heteroatoms. The zero-order chi connectivity index (χ0) is 19.5. The van der Waals surface area contributed by atoms with Crippen molar-refractivity contribution in [3.63, 3.8) is 0 Å². The Kier molecular flexibility index (Phi) is 9.40. The number of nitrogens with one attached hydrogen (secondary N) is 1. The molecule has 2 rings (SSSR count). The molecular formula is C22H31ClN2O2. The van der Waals surface area contributed by atoms with Crippen molar-refractivity contribution in [1.29, 1.82) is 0 Å². The van der Waals surface area contributed by atoms with Crippen molar-refractivity contribution in [2.24, 2.45) is 0 Å². The first kappa shape index (κ1) is 21.5. The second-order valence-corrected chi connectivity index (χ2v) is 7.47. The predicted molar refractivity (Wildman–Crippen MR) is 112 cm³/mol. The first-order valence-electron chi connectivity index (χ1n) is 10.2. The summed E-state index contributed by atoms with van der Waals surface area (Å²) in [5.74, 6) is -0.370. The van der Waals surface area contributed by atoms with E-state index in [2.05, 4.69) is 24.5 Å². The maximum absolute atomic E-state index is 11.8. The minimum absolute atomic E-state index is 0.185. The van der Waals surface area contributed by atoms with Crippen LogP contribution in [-0.2, 0) is 16.0 Å². The van der Waals surface area contributed by atoms with Gasteiger partial charge >= 0.3 is 0 Å². The number of hydrogen-bond acceptors (Lipinski definition) is 3. The van der Waals surface area contributed by atoms with Gasteiger partial charge < -0.3 is 0 Å². The minimum Gasteiger partial charge on any atom is -0.289 e. The Morgan fingerprint density at radius 2 is 1.67 bits per heavy atom. The van der Waals surface area contributed by atoms with Gasteiger partial charge in [-0.25, -0.2) is 0 Å². The lowest BCUT2D eigenvalue weighted by Gasteiger charge is -2.19. The van der Waals surface area contributed by atoms with Crippen LogP contribution in [0.1, 0.15) is 76.7 Å². The van der Waals surface area contributed by atoms with Crippen molar-refractivity contribution in [3.05, 3.63) is 40.9 Å². The second-order valence-electron chi connectivity index (χ2n) is 7.07. The average Bonchev–Trinajstić information content (AvgIpc) is 2.97. The van der Waals surface area contributed by atoms with Crippen LogP contribution in [0, 0.1) is 0 Å². The summed E-state index contributed by atoms with van der Waals surface area (Å²) < 4.78 is 0. The van der Waals surface area contributed by atoms with E-state index in [0.717, 1.165) is 41.9 Å². The molecule has 2 amide bonds. The molecule has 148 valence electrons. The number of hydrazine groups is 1. The van der Waals surface area contributed by atoms with E-state index in [0.29, 0.717) is 5.02 Å². The lowest BCUT2D eigenvalue weighted by Crippen LogP contribution is -2.35. The number of rotatable bonds is 12. The lowest BCUT2D eigenvalue weighted by molar-refractivity contribution is -0.136. The van der Waals surface area contributed by atoms with E-state index >= 15 is 0 Å². The van der Waals surface area contributed by atoms with Crippen LogP contribution in [0.3, 0.4) is 0 Å². The molecule has 0 bridgehead atoms. The highest BCUT2D eigenvalue weighted by Crippen LogP contribution is 2.28. The second kappa shape index (κ2) is 11.8. The van der Waals surface area contributed by atoms with Crippen molar-refractivity contribution in [3.8, 4) is 0 Å². The number of amides is 2. The molecule has 1 saturated heterocycles. The summed E-state index contributed by atoms with van der Waals surface area (Å²) in [6.45, 7) is 2.23. The van der Waals surface area contributed by atoms with Crippen LogP contribution in [-0.4, -0.2) is 16.8 Å². The highest BCUT2D eigenvalue weighted by atomic mass is 35.5. The van der Waals surface area contributed by atoms with Crippen LogP contribution < -0.4 is 5.43 Å². The van der Waals surface area contributed by atoms with Crippen LogP contribution in [0.2, 0.25) is 5.02 Å². The van der Waals surface area contributed by atoms with Gasteiger partial charge in [0.25, 0.3) is 0 Å². The normalized spacial score (nSPS) is 14.5. The van der Waals surface area contributed by atoms with Gasteiger partial charge in [-0.05, 0) is 56.2 Å². The van der Waals surface area contributed by atoms with Gasteiger partial charge in [-0.2, -0.15) is 5.01 Å². The number of benzene rings is 1. The molecule has 0 radical (unpaired) electrons. The van der Waals surface area contributed by atoms with Crippen LogP contribution in [0.25, 0.3) is 0 Å². The minimum atomic E-state index is -0.185. The summed E-state index contributed by atoms with van der Waals surface area (Å²) in [5, 5.41) is 1.79. The highest BCUT2D eigenvalue weighted by molar-refractivity contribution is 6.31. The van der Waals surface area contributed by atoms with E-state index < -0.39 is 0 Å². The zero-order valence-corrected chi connectivity index (χ0v) is 17.1. The Balaban J connectivity index is 1.78. The number of anilines is 1. The molecule has 0 spiro atoms. The lowest BCUT2D eigenvalue weighted by atomic mass is 10.0. The van der Waals surface area contributed by atoms with Crippen LogP contribution in [0.5, 0.6) is 0 Å². The molecule has 4 nitrogen and oxygen atoms in total. The number of imide groups is 1. The first-order chi connectivity index (χ1) is 13.1. The van der Waals surface area contributed by atoms with Gasteiger partial charge in [-0.3, -0.25) is 15.0 Å². The molecule has 27 heavy (non-hydrogen) atoms. The van der Waals surface area contributed by atoms with Crippen molar-refractivity contribution in [2.75, 3.05) is 5.43 Å². The third-order valence-corrected chi connectivity index (χ3v) is 5.20. The van der Waals surface area contributed by atoms with Gasteiger partial charge in [-0.1, -0.05) is 56.0 Å². The van der Waals surface area contributed by atoms with Gasteiger partial charge in [0.2, 0.25) is 11.8 Å². The highest BCUT2D eigenvalue weighted by Gasteiger charge is 2.29. The quantitative estimate of drug-likeness (QED) is 0.268. The van der Waals surface area contributed by atoms with Gasteiger partial charge in [0.1, 0.15) is 0 Å². The summed E-state index contributed by atoms with van der Waals surface area (Å²) in [5.41, 5.74) is 4.69. The molecule has 0 aromatic heterocycles. The van der Waals surface area contributed by atoms with E-state index in [4.69, 9.17) is 11.6 Å². The molecule has 1 heterocycles. The van der Waals surface area contributed by atoms with Crippen LogP contribution in [0.4, 0.5) is 5.69 Å². The maximum atomic E-state index is 11.8. The molecular weight excluding hydrogens is 360 g/mol. The molecule has 0 saturated carbocycles. The summed E-state index contributed by atoms with van der Waals surface area (Å²) in [6.07, 6.45) is 15.5. The van der Waals surface area contributed by atoms with Gasteiger partial charge in [0.15, 0.2) is 0 Å². The predicted octanol–water partition coefficient (Wildman–Crippen LogP) is 6.06. The molecule has 1 aromatic rings. The van der Waals surface area contributed by atoms with Gasteiger partial charge in [0.05, 0.1) is 5.69 Å². The van der Waals surface area contributed by atoms with E-state index in [-0.39, 0.29) is 24.7 Å². The summed E-state index contributed by atoms with van der Waals surface area (Å²) in [7, 11) is 0. The first-order valence-corrected chi connectivity index (χ1v) is 10.6. The monoisotopic (exact) mass is 390 g/mol. The van der Waals surface area contributed by atoms with Crippen LogP contribution >= 0.6 is 11.6 Å². The van der Waals surface area contributed by atoms with E-state index in [9.17, 15) is 9.59 Å². The number of carbonyl (C=O) groups excluding carboxylic acids is 2. The number of nitrogens with zero attached hydrogens (tertiary/aromatic N) is 1. The Bertz CT molecular complexity index is 642. The largest absolute Gasteiger partial charge is 0.289 e. The molecule has 1 aliphatic rings. The summed E-state index contributed by atoms with van der Waals surface area (Å²) in [4.78, 5) is 23.7. The number of unbranched alkanes of at least 4 members (excludes halogenated alkanes) is 6. The smallest absolute Gasteiger partial charge is 0.248 e. The SMILES string of the molecule is CCCCCCC=CCCCCc1c(Cl)cccc1NN1C(=O)CCC1=O. The molecule has 0 unspecified atom stereocenters. The summed E-state index contributed by atoms with van der Waals surface area (Å²) >= 11 is 6.37. The zero-order valence-electron chi connectivity index (χ0n) is 16.3. The Labute approximate surface area is 167 Å². The third-order valence-electron chi connectivity index (χ3n) is 4.84. The topological polar surface area (TPSA) is 49.4 Å². The molecule has 1 fully saturated rings. The van der Waals surface area contributed by atoms with Crippen LogP contribution in [0.15, 0.2) is 30.4 Å². The van der Waals surface area contributed by atoms with E-state index in [1.807, 2.05) is 18.2 Å². The van der Waals surface area contributed by atoms with Crippen molar-refractivity contribution in [2.45, 2.75) is 77.6 Å². The molecule has 0 atom stereocenters. The fourth-order valence-corrected chi connectivity index (χ4v) is 3.50. The molecule has 1 aliphatic heterocycles. The molecule has 1 aromatic carbocycles. The summed E-state index contributed by atoms with van der Waals surface area (Å²) in [6, 6.07) is 5.56. The fourth-order valence-electron chi connectivity index (χ4n) is 3.23. The van der Waals surface area contributed by atoms with E-state index in [1.54, 1.807) is 0 Å². The van der Waals surface area contributed by atoms with E-state index in [1.165, 1.54) is 32.1 Å². The van der Waals surface area contributed by atoms with Crippen molar-refractivity contribution < 1.29 is 9.59 Å². The number of halogens is 1. The van der Waals surface area contributed by atoms with Gasteiger partial charge in [-0.15, -0.1) is 0 Å². The average molecular weight is 391 g/mol. The number of allylic oxidation sites excluding steroid dienone is 2. The molecule has 1 N–H and O–H groups in total. The Morgan fingerprint density at radius 3 is 2.33 bits per heavy atom. The maximum Gasteiger partial charge on any atom is 0.248 e. The third kappa shape index (κ3) is 7.02. The Hall–Kier alpha value is -1.81. The Morgan fingerprint density at radius 1 is 1.00 bits per heavy atom. The molecule has 0 aliphatic carbocycles. The fraction of sp³-hybridized carbons (Fsp3) is 0.545. The van der Waals surface area contributed by atoms with Gasteiger partial charge in [0, 0.05) is 17.9 Å². The number of carbonyl (C=O) groups is 2. The van der Waals surface area contributed by atoms with Crippen molar-refractivity contribution in [1.82, 2.24) is 5.01 Å².